The molecule has 122 valence electrons. The molecule has 1 aliphatic heterocycles. The van der Waals surface area contributed by atoms with Crippen LogP contribution >= 0.6 is 0 Å². The lowest BCUT2D eigenvalue weighted by atomic mass is 9.97. The highest BCUT2D eigenvalue weighted by Crippen LogP contribution is 2.34. The van der Waals surface area contributed by atoms with Crippen LogP contribution in [0.5, 0.6) is 5.75 Å². The Hall–Kier alpha value is -1.91. The van der Waals surface area contributed by atoms with Gasteiger partial charge in [-0.1, -0.05) is 36.4 Å². The first-order valence-electron chi connectivity index (χ1n) is 7.97. The first kappa shape index (κ1) is 16.0. The molecule has 1 fully saturated rings. The summed E-state index contributed by atoms with van der Waals surface area (Å²) in [5, 5.41) is 10.3. The molecule has 0 aromatic heterocycles. The zero-order valence-electron chi connectivity index (χ0n) is 13.3. The minimum absolute atomic E-state index is 0.347. The molecule has 0 saturated carbocycles. The molecule has 0 bridgehead atoms. The van der Waals surface area contributed by atoms with Crippen molar-refractivity contribution in [1.82, 2.24) is 4.90 Å². The van der Waals surface area contributed by atoms with Crippen molar-refractivity contribution >= 4 is 0 Å². The van der Waals surface area contributed by atoms with Crippen LogP contribution in [0.15, 0.2) is 48.5 Å². The van der Waals surface area contributed by atoms with Crippen LogP contribution in [0.1, 0.15) is 29.6 Å². The van der Waals surface area contributed by atoms with Gasteiger partial charge >= 0.3 is 0 Å². The van der Waals surface area contributed by atoms with Crippen molar-refractivity contribution in [3.05, 3.63) is 65.5 Å². The Bertz CT molecular complexity index is 661. The second-order valence-corrected chi connectivity index (χ2v) is 6.02. The highest BCUT2D eigenvalue weighted by Gasteiger charge is 2.27. The lowest BCUT2D eigenvalue weighted by molar-refractivity contribution is 0.122. The molecule has 0 aliphatic carbocycles. The lowest BCUT2D eigenvalue weighted by Crippen LogP contribution is -2.26. The molecular formula is C19H22FNO2. The number of benzene rings is 2. The minimum atomic E-state index is -0.799. The van der Waals surface area contributed by atoms with Gasteiger partial charge in [-0.3, -0.25) is 4.90 Å². The maximum absolute atomic E-state index is 13.8. The molecule has 2 atom stereocenters. The molecule has 1 N–H and O–H groups in total. The standard InChI is InChI=1S/C19H22FNO2/c1-23-19-9-5-3-6-15(19)14-10-11-21(12-14)13-18(22)16-7-2-4-8-17(16)20/h2-9,14,18,22H,10-13H2,1H3. The van der Waals surface area contributed by atoms with Crippen molar-refractivity contribution in [1.29, 1.82) is 0 Å². The lowest BCUT2D eigenvalue weighted by Gasteiger charge is -2.21. The van der Waals surface area contributed by atoms with Gasteiger partial charge in [0.25, 0.3) is 0 Å². The fourth-order valence-electron chi connectivity index (χ4n) is 3.34. The van der Waals surface area contributed by atoms with Crippen molar-refractivity contribution in [2.75, 3.05) is 26.7 Å². The molecule has 2 aromatic rings. The number of aliphatic hydroxyl groups excluding tert-OH is 1. The molecule has 23 heavy (non-hydrogen) atoms. The molecule has 1 saturated heterocycles. The number of nitrogens with zero attached hydrogens (tertiary/aromatic N) is 1. The zero-order valence-corrected chi connectivity index (χ0v) is 13.3. The first-order chi connectivity index (χ1) is 11.2. The van der Waals surface area contributed by atoms with Crippen molar-refractivity contribution in [2.45, 2.75) is 18.4 Å². The van der Waals surface area contributed by atoms with E-state index < -0.39 is 6.10 Å². The van der Waals surface area contributed by atoms with Crippen molar-refractivity contribution < 1.29 is 14.2 Å². The van der Waals surface area contributed by atoms with Crippen LogP contribution in [0, 0.1) is 5.82 Å². The second kappa shape index (κ2) is 7.11. The number of likely N-dealkylation sites (tertiary alicyclic amines) is 1. The third-order valence-electron chi connectivity index (χ3n) is 4.55. The first-order valence-corrected chi connectivity index (χ1v) is 7.97. The Balaban J connectivity index is 1.65. The highest BCUT2D eigenvalue weighted by molar-refractivity contribution is 5.37. The van der Waals surface area contributed by atoms with Crippen LogP contribution in [0.25, 0.3) is 0 Å². The molecule has 3 rings (SSSR count). The molecule has 0 spiro atoms. The Labute approximate surface area is 136 Å². The number of halogens is 1. The third-order valence-corrected chi connectivity index (χ3v) is 4.55. The minimum Gasteiger partial charge on any atom is -0.496 e. The fourth-order valence-corrected chi connectivity index (χ4v) is 3.34. The fraction of sp³-hybridized carbons (Fsp3) is 0.368. The predicted octanol–water partition coefficient (Wildman–Crippen LogP) is 3.36. The molecule has 3 nitrogen and oxygen atoms in total. The van der Waals surface area contributed by atoms with Crippen LogP contribution in [0.4, 0.5) is 4.39 Å². The van der Waals surface area contributed by atoms with Crippen molar-refractivity contribution in [3.8, 4) is 5.75 Å². The molecule has 1 aliphatic rings. The summed E-state index contributed by atoms with van der Waals surface area (Å²) in [6, 6.07) is 14.5. The van der Waals surface area contributed by atoms with Gasteiger partial charge in [-0.2, -0.15) is 0 Å². The second-order valence-electron chi connectivity index (χ2n) is 6.02. The van der Waals surface area contributed by atoms with E-state index in [1.165, 1.54) is 11.6 Å². The topological polar surface area (TPSA) is 32.7 Å². The number of aliphatic hydroxyl groups is 1. The number of β-amino-alcohol motifs (C(OH)–C–C–N with tert-alkyl or cyclic N) is 1. The summed E-state index contributed by atoms with van der Waals surface area (Å²) in [5.41, 5.74) is 1.58. The summed E-state index contributed by atoms with van der Waals surface area (Å²) in [4.78, 5) is 2.19. The number of hydrogen-bond acceptors (Lipinski definition) is 3. The van der Waals surface area contributed by atoms with Crippen LogP contribution < -0.4 is 4.74 Å². The monoisotopic (exact) mass is 315 g/mol. The van der Waals surface area contributed by atoms with Crippen LogP contribution in [-0.4, -0.2) is 36.8 Å². The van der Waals surface area contributed by atoms with Gasteiger partial charge in [0.1, 0.15) is 11.6 Å². The molecule has 1 heterocycles. The predicted molar refractivity (Wildman–Crippen MR) is 88.2 cm³/mol. The van der Waals surface area contributed by atoms with Crippen molar-refractivity contribution in [3.63, 3.8) is 0 Å². The number of methoxy groups -OCH3 is 1. The van der Waals surface area contributed by atoms with Gasteiger partial charge in [0.2, 0.25) is 0 Å². The molecule has 4 heteroatoms. The van der Waals surface area contributed by atoms with E-state index in [-0.39, 0.29) is 5.82 Å². The SMILES string of the molecule is COc1ccccc1C1CCN(CC(O)c2ccccc2F)C1. The number of hydrogen-bond donors (Lipinski definition) is 1. The molecule has 2 aromatic carbocycles. The normalized spacial score (nSPS) is 19.7. The smallest absolute Gasteiger partial charge is 0.129 e. The van der Waals surface area contributed by atoms with E-state index in [1.807, 2.05) is 18.2 Å². The van der Waals surface area contributed by atoms with Gasteiger partial charge in [0.05, 0.1) is 13.2 Å². The molecule has 0 amide bonds. The van der Waals surface area contributed by atoms with Crippen molar-refractivity contribution in [2.24, 2.45) is 0 Å². The van der Waals surface area contributed by atoms with Crippen LogP contribution in [0.2, 0.25) is 0 Å². The van der Waals surface area contributed by atoms with Gasteiger partial charge in [-0.25, -0.2) is 4.39 Å². The van der Waals surface area contributed by atoms with E-state index in [2.05, 4.69) is 11.0 Å². The van der Waals surface area contributed by atoms with Crippen LogP contribution in [-0.2, 0) is 0 Å². The van der Waals surface area contributed by atoms with Gasteiger partial charge in [-0.05, 0) is 30.7 Å². The molecule has 0 radical (unpaired) electrons. The average molecular weight is 315 g/mol. The Morgan fingerprint density at radius 1 is 1.22 bits per heavy atom. The zero-order chi connectivity index (χ0) is 16.2. The van der Waals surface area contributed by atoms with Gasteiger partial charge in [-0.15, -0.1) is 0 Å². The summed E-state index contributed by atoms with van der Waals surface area (Å²) in [5.74, 6) is 0.952. The number of ether oxygens (including phenoxy) is 1. The number of para-hydroxylation sites is 1. The summed E-state index contributed by atoms with van der Waals surface area (Å²) < 4.78 is 19.2. The van der Waals surface area contributed by atoms with Crippen LogP contribution in [0.3, 0.4) is 0 Å². The molecular weight excluding hydrogens is 293 g/mol. The summed E-state index contributed by atoms with van der Waals surface area (Å²) >= 11 is 0. The average Bonchev–Trinajstić information content (AvgIpc) is 3.03. The summed E-state index contributed by atoms with van der Waals surface area (Å²) in [6.45, 7) is 2.20. The third kappa shape index (κ3) is 3.54. The van der Waals surface area contributed by atoms with Gasteiger partial charge in [0.15, 0.2) is 0 Å². The van der Waals surface area contributed by atoms with E-state index in [0.717, 1.165) is 25.3 Å². The van der Waals surface area contributed by atoms with Gasteiger partial charge < -0.3 is 9.84 Å². The van der Waals surface area contributed by atoms with E-state index in [4.69, 9.17) is 4.74 Å². The molecule has 2 unspecified atom stereocenters. The van der Waals surface area contributed by atoms with Gasteiger partial charge in [0, 0.05) is 24.6 Å². The maximum Gasteiger partial charge on any atom is 0.129 e. The number of rotatable bonds is 5. The van der Waals surface area contributed by atoms with E-state index in [9.17, 15) is 9.50 Å². The van der Waals surface area contributed by atoms with E-state index in [0.29, 0.717) is 18.0 Å². The summed E-state index contributed by atoms with van der Waals surface area (Å²) in [7, 11) is 1.69. The Morgan fingerprint density at radius 3 is 2.74 bits per heavy atom. The largest absolute Gasteiger partial charge is 0.496 e. The maximum atomic E-state index is 13.8. The Kier molecular flexibility index (Phi) is 4.94. The Morgan fingerprint density at radius 2 is 1.96 bits per heavy atom. The van der Waals surface area contributed by atoms with E-state index in [1.54, 1.807) is 25.3 Å². The quantitative estimate of drug-likeness (QED) is 0.918. The van der Waals surface area contributed by atoms with E-state index >= 15 is 0 Å². The summed E-state index contributed by atoms with van der Waals surface area (Å²) in [6.07, 6.45) is 0.220. The highest BCUT2D eigenvalue weighted by atomic mass is 19.1.